The van der Waals surface area contributed by atoms with E-state index in [0.717, 1.165) is 11.1 Å². The molecule has 0 fully saturated rings. The summed E-state index contributed by atoms with van der Waals surface area (Å²) in [5.74, 6) is -0.117. The molecule has 0 saturated carbocycles. The molecule has 0 saturated heterocycles. The number of aryl methyl sites for hydroxylation is 1. The highest BCUT2D eigenvalue weighted by molar-refractivity contribution is 5.91. The number of carbonyl (C=O) groups excluding carboxylic acids is 1. The SMILES string of the molecule is COCCNC(=O)c1coc(CN(Cc2ccc(F)cc2)Cc2cccc(C)c2)n1. The van der Waals surface area contributed by atoms with Gasteiger partial charge in [0.15, 0.2) is 5.69 Å². The molecule has 1 aromatic heterocycles. The molecule has 158 valence electrons. The number of amides is 1. The molecule has 0 aliphatic heterocycles. The van der Waals surface area contributed by atoms with Gasteiger partial charge in [0, 0.05) is 26.7 Å². The number of aromatic nitrogens is 1. The van der Waals surface area contributed by atoms with E-state index in [0.29, 0.717) is 38.7 Å². The van der Waals surface area contributed by atoms with Gasteiger partial charge in [0.05, 0.1) is 13.2 Å². The minimum absolute atomic E-state index is 0.235. The van der Waals surface area contributed by atoms with Crippen molar-refractivity contribution in [3.63, 3.8) is 0 Å². The van der Waals surface area contributed by atoms with Crippen LogP contribution in [0.1, 0.15) is 33.1 Å². The molecule has 0 spiro atoms. The number of oxazole rings is 1. The van der Waals surface area contributed by atoms with Gasteiger partial charge in [-0.05, 0) is 30.2 Å². The van der Waals surface area contributed by atoms with Crippen LogP contribution in [0.25, 0.3) is 0 Å². The van der Waals surface area contributed by atoms with Gasteiger partial charge >= 0.3 is 0 Å². The number of ether oxygens (including phenoxy) is 1. The summed E-state index contributed by atoms with van der Waals surface area (Å²) in [6.07, 6.45) is 1.36. The lowest BCUT2D eigenvalue weighted by atomic mass is 10.1. The van der Waals surface area contributed by atoms with Gasteiger partial charge in [0.25, 0.3) is 5.91 Å². The summed E-state index contributed by atoms with van der Waals surface area (Å²) in [5.41, 5.74) is 3.55. The number of rotatable bonds is 10. The van der Waals surface area contributed by atoms with Crippen molar-refractivity contribution in [3.05, 3.63) is 88.9 Å². The quantitative estimate of drug-likeness (QED) is 0.515. The molecule has 1 N–H and O–H groups in total. The molecule has 3 rings (SSSR count). The van der Waals surface area contributed by atoms with Crippen molar-refractivity contribution in [2.45, 2.75) is 26.6 Å². The average molecular weight is 411 g/mol. The summed E-state index contributed by atoms with van der Waals surface area (Å²) in [6, 6.07) is 14.7. The summed E-state index contributed by atoms with van der Waals surface area (Å²) >= 11 is 0. The lowest BCUT2D eigenvalue weighted by molar-refractivity contribution is 0.0932. The van der Waals surface area contributed by atoms with Crippen LogP contribution in [0.15, 0.2) is 59.2 Å². The molecule has 7 heteroatoms. The zero-order valence-electron chi connectivity index (χ0n) is 17.2. The fourth-order valence-corrected chi connectivity index (χ4v) is 3.12. The van der Waals surface area contributed by atoms with Crippen LogP contribution in [0.2, 0.25) is 0 Å². The fraction of sp³-hybridized carbons (Fsp3) is 0.304. The van der Waals surface area contributed by atoms with Gasteiger partial charge in [0.2, 0.25) is 5.89 Å². The minimum Gasteiger partial charge on any atom is -0.447 e. The highest BCUT2D eigenvalue weighted by Gasteiger charge is 2.16. The molecule has 1 amide bonds. The zero-order valence-corrected chi connectivity index (χ0v) is 17.2. The standard InChI is InChI=1S/C23H26FN3O3/c1-17-4-3-5-19(12-17)14-27(13-18-6-8-20(24)9-7-18)15-22-26-21(16-30-22)23(28)25-10-11-29-2/h3-9,12,16H,10-11,13-15H2,1-2H3,(H,25,28). The van der Waals surface area contributed by atoms with Crippen LogP contribution in [0.3, 0.4) is 0 Å². The second kappa shape index (κ2) is 10.7. The van der Waals surface area contributed by atoms with E-state index in [1.54, 1.807) is 19.2 Å². The van der Waals surface area contributed by atoms with Crippen LogP contribution >= 0.6 is 0 Å². The topological polar surface area (TPSA) is 67.6 Å². The van der Waals surface area contributed by atoms with Crippen molar-refractivity contribution in [1.82, 2.24) is 15.2 Å². The number of carbonyl (C=O) groups is 1. The van der Waals surface area contributed by atoms with Gasteiger partial charge in [-0.3, -0.25) is 9.69 Å². The average Bonchev–Trinajstić information content (AvgIpc) is 3.18. The Labute approximate surface area is 175 Å². The van der Waals surface area contributed by atoms with E-state index >= 15 is 0 Å². The number of methoxy groups -OCH3 is 1. The molecule has 1 heterocycles. The number of halogens is 1. The van der Waals surface area contributed by atoms with Crippen LogP contribution in [0, 0.1) is 12.7 Å². The molecule has 0 aliphatic carbocycles. The van der Waals surface area contributed by atoms with E-state index in [4.69, 9.17) is 9.15 Å². The molecular weight excluding hydrogens is 385 g/mol. The van der Waals surface area contributed by atoms with E-state index in [9.17, 15) is 9.18 Å². The van der Waals surface area contributed by atoms with Gasteiger partial charge in [-0.1, -0.05) is 42.0 Å². The molecule has 0 bridgehead atoms. The van der Waals surface area contributed by atoms with E-state index in [1.165, 1.54) is 24.0 Å². The molecular formula is C23H26FN3O3. The van der Waals surface area contributed by atoms with E-state index in [-0.39, 0.29) is 17.4 Å². The molecule has 0 aliphatic rings. The van der Waals surface area contributed by atoms with Crippen molar-refractivity contribution in [2.75, 3.05) is 20.3 Å². The number of nitrogens with one attached hydrogen (secondary N) is 1. The number of hydrogen-bond acceptors (Lipinski definition) is 5. The highest BCUT2D eigenvalue weighted by atomic mass is 19.1. The number of hydrogen-bond donors (Lipinski definition) is 1. The lowest BCUT2D eigenvalue weighted by Gasteiger charge is -2.21. The third-order valence-electron chi connectivity index (χ3n) is 4.54. The molecule has 30 heavy (non-hydrogen) atoms. The first kappa shape index (κ1) is 21.7. The van der Waals surface area contributed by atoms with Crippen molar-refractivity contribution < 1.29 is 18.3 Å². The van der Waals surface area contributed by atoms with Crippen molar-refractivity contribution in [2.24, 2.45) is 0 Å². The minimum atomic E-state index is -0.300. The number of benzene rings is 2. The van der Waals surface area contributed by atoms with Gasteiger partial charge in [-0.15, -0.1) is 0 Å². The van der Waals surface area contributed by atoms with Gasteiger partial charge in [-0.25, -0.2) is 9.37 Å². The molecule has 0 radical (unpaired) electrons. The van der Waals surface area contributed by atoms with Gasteiger partial charge < -0.3 is 14.5 Å². The molecule has 2 aromatic carbocycles. The van der Waals surface area contributed by atoms with E-state index in [1.807, 2.05) is 6.07 Å². The summed E-state index contributed by atoms with van der Waals surface area (Å²) in [7, 11) is 1.57. The Morgan fingerprint density at radius 3 is 2.63 bits per heavy atom. The summed E-state index contributed by atoms with van der Waals surface area (Å²) in [4.78, 5) is 18.6. The molecule has 3 aromatic rings. The monoisotopic (exact) mass is 411 g/mol. The highest BCUT2D eigenvalue weighted by Crippen LogP contribution is 2.16. The number of nitrogens with zero attached hydrogens (tertiary/aromatic N) is 2. The van der Waals surface area contributed by atoms with Gasteiger partial charge in [0.1, 0.15) is 12.1 Å². The summed E-state index contributed by atoms with van der Waals surface area (Å²) < 4.78 is 23.7. The first-order valence-electron chi connectivity index (χ1n) is 9.77. The van der Waals surface area contributed by atoms with E-state index in [2.05, 4.69) is 40.3 Å². The maximum Gasteiger partial charge on any atom is 0.273 e. The third kappa shape index (κ3) is 6.50. The normalized spacial score (nSPS) is 11.1. The fourth-order valence-electron chi connectivity index (χ4n) is 3.12. The van der Waals surface area contributed by atoms with Crippen LogP contribution < -0.4 is 5.32 Å². The maximum atomic E-state index is 13.3. The third-order valence-corrected chi connectivity index (χ3v) is 4.54. The Hall–Kier alpha value is -3.03. The van der Waals surface area contributed by atoms with Crippen molar-refractivity contribution >= 4 is 5.91 Å². The first-order chi connectivity index (χ1) is 14.5. The second-order valence-corrected chi connectivity index (χ2v) is 7.14. The van der Waals surface area contributed by atoms with E-state index < -0.39 is 0 Å². The molecule has 6 nitrogen and oxygen atoms in total. The first-order valence-corrected chi connectivity index (χ1v) is 9.77. The Kier molecular flexibility index (Phi) is 7.70. The summed E-state index contributed by atoms with van der Waals surface area (Å²) in [6.45, 7) is 4.55. The Balaban J connectivity index is 1.71. The summed E-state index contributed by atoms with van der Waals surface area (Å²) in [5, 5.41) is 2.72. The van der Waals surface area contributed by atoms with Crippen LogP contribution in [-0.2, 0) is 24.4 Å². The Morgan fingerprint density at radius 2 is 1.90 bits per heavy atom. The Bertz CT molecular complexity index is 956. The van der Waals surface area contributed by atoms with Gasteiger partial charge in [-0.2, -0.15) is 0 Å². The Morgan fingerprint density at radius 1 is 1.13 bits per heavy atom. The predicted molar refractivity (Wildman–Crippen MR) is 111 cm³/mol. The molecule has 0 unspecified atom stereocenters. The lowest BCUT2D eigenvalue weighted by Crippen LogP contribution is -2.27. The van der Waals surface area contributed by atoms with Crippen LogP contribution in [0.4, 0.5) is 4.39 Å². The van der Waals surface area contributed by atoms with Crippen LogP contribution in [0.5, 0.6) is 0 Å². The van der Waals surface area contributed by atoms with Crippen molar-refractivity contribution in [1.29, 1.82) is 0 Å². The smallest absolute Gasteiger partial charge is 0.273 e. The maximum absolute atomic E-state index is 13.3. The van der Waals surface area contributed by atoms with Crippen molar-refractivity contribution in [3.8, 4) is 0 Å². The van der Waals surface area contributed by atoms with Crippen LogP contribution in [-0.4, -0.2) is 36.1 Å². The molecule has 0 atom stereocenters. The zero-order chi connectivity index (χ0) is 21.3. The second-order valence-electron chi connectivity index (χ2n) is 7.14. The largest absolute Gasteiger partial charge is 0.447 e. The predicted octanol–water partition coefficient (Wildman–Crippen LogP) is 3.70.